The second kappa shape index (κ2) is 61.3. The summed E-state index contributed by atoms with van der Waals surface area (Å²) in [5, 5.41) is 0. The van der Waals surface area contributed by atoms with Crippen molar-refractivity contribution in [3.8, 4) is 0 Å². The molecule has 0 unspecified atom stereocenters. The standard InChI is InChI=1S/C10H16.C7H14.C6H12.C5H10.C4H8O.C4H8.7C4H10.C3H6/c1-7-2-9-4-8(1)5-10(3-7)6-9;1-2-4-6-7-5-3-1;1-2-4-6-5-3-1;2*1-2-4-5-3-1;1-2-4-3-1;7*1-4(2)3;1-2-3-1/h7-10H,1-6H2;1-7H2;1-6H2;1-5H2;1-4H2;1-4H2;7*4H,1-3H3;1-3H2. The fourth-order valence-corrected chi connectivity index (χ4v) is 7.93. The molecule has 10 aliphatic rings. The second-order valence-electron chi connectivity index (χ2n) is 27.2. The third kappa shape index (κ3) is 103. The highest BCUT2D eigenvalue weighted by molar-refractivity contribution is 4.93. The first-order valence-electron chi connectivity index (χ1n) is 31.6. The van der Waals surface area contributed by atoms with Crippen molar-refractivity contribution in [2.75, 3.05) is 13.2 Å². The molecule has 10 rings (SSSR count). The van der Waals surface area contributed by atoms with Gasteiger partial charge in [-0.25, -0.2) is 0 Å². The normalized spacial score (nSPS) is 22.8. The predicted octanol–water partition coefficient (Wildman–Crippen LogP) is 25.0. The fourth-order valence-electron chi connectivity index (χ4n) is 7.93. The van der Waals surface area contributed by atoms with Crippen LogP contribution in [0.1, 0.15) is 357 Å². The summed E-state index contributed by atoms with van der Waals surface area (Å²) in [5.41, 5.74) is 0. The van der Waals surface area contributed by atoms with Crippen molar-refractivity contribution in [2.24, 2.45) is 65.1 Å². The molecule has 0 spiro atoms. The first-order chi connectivity index (χ1) is 32.0. The van der Waals surface area contributed by atoms with Gasteiger partial charge in [0.15, 0.2) is 0 Å². The van der Waals surface area contributed by atoms with Crippen molar-refractivity contribution in [2.45, 2.75) is 357 Å². The van der Waals surface area contributed by atoms with E-state index in [1.165, 1.54) is 197 Å². The maximum atomic E-state index is 4.94. The van der Waals surface area contributed by atoms with Crippen LogP contribution < -0.4 is 0 Å². The number of hydrogen-bond acceptors (Lipinski definition) is 1. The zero-order valence-corrected chi connectivity index (χ0v) is 52.5. The predicted molar refractivity (Wildman–Crippen MR) is 321 cm³/mol. The molecule has 1 nitrogen and oxygen atoms in total. The van der Waals surface area contributed by atoms with E-state index in [9.17, 15) is 0 Å². The van der Waals surface area contributed by atoms with Crippen LogP contribution in [-0.2, 0) is 4.74 Å². The fraction of sp³-hybridized carbons (Fsp3) is 1.00. The lowest BCUT2D eigenvalue weighted by Crippen LogP contribution is -2.38. The van der Waals surface area contributed by atoms with Crippen LogP contribution in [0.2, 0.25) is 0 Å². The van der Waals surface area contributed by atoms with Gasteiger partial charge in [0.1, 0.15) is 0 Å². The summed E-state index contributed by atoms with van der Waals surface area (Å²) in [6.45, 7) is 47.5. The largest absolute Gasteiger partial charge is 0.381 e. The highest BCUT2D eigenvalue weighted by Gasteiger charge is 2.41. The van der Waals surface area contributed by atoms with Crippen molar-refractivity contribution in [1.82, 2.24) is 0 Å². The van der Waals surface area contributed by atoms with E-state index in [2.05, 4.69) is 145 Å². The lowest BCUT2D eigenvalue weighted by Gasteiger charge is -2.49. The zero-order chi connectivity index (χ0) is 52.8. The topological polar surface area (TPSA) is 9.23 Å². The number of ether oxygens (including phenoxy) is 1. The summed E-state index contributed by atoms with van der Waals surface area (Å²) < 4.78 is 4.94. The number of hydrogen-bond donors (Lipinski definition) is 0. The van der Waals surface area contributed by atoms with Crippen molar-refractivity contribution in [1.29, 1.82) is 0 Å². The molecule has 1 heterocycles. The Morgan fingerprint density at radius 1 is 0.176 bits per heavy atom. The van der Waals surface area contributed by atoms with Gasteiger partial charge in [-0.05, 0) is 116 Å². The minimum Gasteiger partial charge on any atom is -0.381 e. The molecule has 1 aliphatic heterocycles. The SMILES string of the molecule is C1C2CC3CC1CC(C2)C3.C1CC1.C1CCC1.C1CCCC1.C1CCCCC1.C1CCCCCC1.C1CCOC1.CC(C)C.CC(C)C.CC(C)C.CC(C)C.CC(C)C.CC(C)C.CC(C)C. The van der Waals surface area contributed by atoms with Crippen LogP contribution in [0.15, 0.2) is 0 Å². The van der Waals surface area contributed by atoms with Gasteiger partial charge in [-0.15, -0.1) is 0 Å². The molecule has 0 radical (unpaired) electrons. The van der Waals surface area contributed by atoms with Gasteiger partial charge >= 0.3 is 0 Å². The first-order valence-corrected chi connectivity index (χ1v) is 31.6. The molecule has 0 aromatic rings. The van der Waals surface area contributed by atoms with Gasteiger partial charge in [0.2, 0.25) is 0 Å². The Morgan fingerprint density at radius 2 is 0.265 bits per heavy atom. The molecule has 0 aromatic heterocycles. The smallest absolute Gasteiger partial charge is 0.0466 e. The lowest BCUT2D eigenvalue weighted by atomic mass is 9.56. The highest BCUT2D eigenvalue weighted by atomic mass is 16.5. The van der Waals surface area contributed by atoms with Crippen LogP contribution in [0.3, 0.4) is 0 Å². The molecule has 9 aliphatic carbocycles. The summed E-state index contributed by atoms with van der Waals surface area (Å²) >= 11 is 0. The molecule has 9 saturated carbocycles. The molecule has 418 valence electrons. The summed E-state index contributed by atoms with van der Waals surface area (Å²) in [5.74, 6) is 10.5. The van der Waals surface area contributed by atoms with Crippen LogP contribution in [0, 0.1) is 65.1 Å². The van der Waals surface area contributed by atoms with Crippen molar-refractivity contribution in [3.05, 3.63) is 0 Å². The maximum absolute atomic E-state index is 4.94. The average molecular weight is 966 g/mol. The summed E-state index contributed by atoms with van der Waals surface area (Å²) in [7, 11) is 0. The van der Waals surface area contributed by atoms with Gasteiger partial charge < -0.3 is 4.74 Å². The molecule has 1 saturated heterocycles. The molecule has 0 aromatic carbocycles. The minimum absolute atomic E-state index is 0.833. The Balaban J connectivity index is -0.000000213. The van der Waals surface area contributed by atoms with E-state index >= 15 is 0 Å². The summed E-state index contributed by atoms with van der Waals surface area (Å²) in [6, 6.07) is 0. The third-order valence-corrected chi connectivity index (χ3v) is 10.7. The van der Waals surface area contributed by atoms with Gasteiger partial charge in [0, 0.05) is 13.2 Å². The Hall–Kier alpha value is -0.0400. The zero-order valence-electron chi connectivity index (χ0n) is 52.5. The van der Waals surface area contributed by atoms with Gasteiger partial charge in [-0.3, -0.25) is 0 Å². The first kappa shape index (κ1) is 76.9. The lowest BCUT2D eigenvalue weighted by molar-refractivity contribution is 0.0198. The molecule has 1 heteroatoms. The Bertz CT molecular complexity index is 619. The second-order valence-corrected chi connectivity index (χ2v) is 27.2. The van der Waals surface area contributed by atoms with Crippen LogP contribution in [-0.4, -0.2) is 13.2 Å². The molecular weight excluding hydrogens is 821 g/mol. The van der Waals surface area contributed by atoms with Crippen LogP contribution in [0.25, 0.3) is 0 Å². The Morgan fingerprint density at radius 3 is 0.324 bits per heavy atom. The van der Waals surface area contributed by atoms with Gasteiger partial charge in [0.25, 0.3) is 0 Å². The van der Waals surface area contributed by atoms with E-state index in [1.54, 1.807) is 38.5 Å². The molecular formula is C67H144O. The van der Waals surface area contributed by atoms with Crippen LogP contribution in [0.4, 0.5) is 0 Å². The van der Waals surface area contributed by atoms with Crippen molar-refractivity contribution in [3.63, 3.8) is 0 Å². The van der Waals surface area contributed by atoms with E-state index in [4.69, 9.17) is 4.74 Å². The average Bonchev–Trinajstić information content (AvgIpc) is 3.78. The molecule has 68 heavy (non-hydrogen) atoms. The maximum Gasteiger partial charge on any atom is 0.0466 e. The quantitative estimate of drug-likeness (QED) is 0.220. The monoisotopic (exact) mass is 965 g/mol. The van der Waals surface area contributed by atoms with Gasteiger partial charge in [-0.2, -0.15) is 0 Å². The third-order valence-electron chi connectivity index (χ3n) is 10.7. The van der Waals surface area contributed by atoms with Crippen LogP contribution in [0.5, 0.6) is 0 Å². The molecule has 0 amide bonds. The minimum atomic E-state index is 0.833. The summed E-state index contributed by atoms with van der Waals surface area (Å²) in [4.78, 5) is 0. The number of rotatable bonds is 0. The van der Waals surface area contributed by atoms with Gasteiger partial charge in [-0.1, -0.05) is 306 Å². The van der Waals surface area contributed by atoms with Crippen molar-refractivity contribution < 1.29 is 4.74 Å². The molecule has 4 bridgehead atoms. The van der Waals surface area contributed by atoms with E-state index in [-0.39, 0.29) is 0 Å². The van der Waals surface area contributed by atoms with E-state index in [0.717, 1.165) is 54.6 Å². The Labute approximate surface area is 438 Å². The van der Waals surface area contributed by atoms with Crippen molar-refractivity contribution >= 4 is 0 Å². The van der Waals surface area contributed by atoms with Gasteiger partial charge in [0.05, 0.1) is 0 Å². The molecule has 0 N–H and O–H groups in total. The van der Waals surface area contributed by atoms with E-state index < -0.39 is 0 Å². The highest BCUT2D eigenvalue weighted by Crippen LogP contribution is 2.53. The van der Waals surface area contributed by atoms with E-state index in [0.29, 0.717) is 0 Å². The van der Waals surface area contributed by atoms with E-state index in [1.807, 2.05) is 0 Å². The van der Waals surface area contributed by atoms with Crippen LogP contribution >= 0.6 is 0 Å². The Kier molecular flexibility index (Phi) is 69.3. The molecule has 10 fully saturated rings. The molecule has 0 atom stereocenters. The summed E-state index contributed by atoms with van der Waals surface area (Å²) in [6.07, 6.45) is 49.7.